The van der Waals surface area contributed by atoms with E-state index in [9.17, 15) is 8.42 Å². The summed E-state index contributed by atoms with van der Waals surface area (Å²) in [7, 11) is -3.63. The molecule has 5 nitrogen and oxygen atoms in total. The number of halogens is 1. The molecule has 1 unspecified atom stereocenters. The van der Waals surface area contributed by atoms with Crippen molar-refractivity contribution in [3.63, 3.8) is 0 Å². The van der Waals surface area contributed by atoms with Crippen molar-refractivity contribution in [1.29, 1.82) is 5.26 Å². The number of hydrogen-bond donors (Lipinski definition) is 1. The van der Waals surface area contributed by atoms with Gasteiger partial charge in [-0.3, -0.25) is 0 Å². The quantitative estimate of drug-likeness (QED) is 0.893. The van der Waals surface area contributed by atoms with Crippen LogP contribution in [0.5, 0.6) is 0 Å². The minimum Gasteiger partial charge on any atom is -0.327 e. The van der Waals surface area contributed by atoms with Gasteiger partial charge in [-0.25, -0.2) is 8.42 Å². The lowest BCUT2D eigenvalue weighted by atomic mass is 10.1. The van der Waals surface area contributed by atoms with Crippen molar-refractivity contribution < 1.29 is 8.42 Å². The molecule has 0 radical (unpaired) electrons. The number of hydrogen-bond acceptors (Lipinski definition) is 4. The lowest BCUT2D eigenvalue weighted by molar-refractivity contribution is 0.316. The molecule has 0 saturated carbocycles. The van der Waals surface area contributed by atoms with Crippen LogP contribution in [0.25, 0.3) is 0 Å². The van der Waals surface area contributed by atoms with Gasteiger partial charge in [0.25, 0.3) is 0 Å². The molecule has 1 atom stereocenters. The summed E-state index contributed by atoms with van der Waals surface area (Å²) >= 11 is 0. The third-order valence-electron chi connectivity index (χ3n) is 3.38. The molecule has 1 aromatic carbocycles. The predicted octanol–water partition coefficient (Wildman–Crippen LogP) is 1.40. The summed E-state index contributed by atoms with van der Waals surface area (Å²) in [5.41, 5.74) is 6.72. The van der Waals surface area contributed by atoms with E-state index in [2.05, 4.69) is 0 Å². The van der Waals surface area contributed by atoms with E-state index in [0.29, 0.717) is 18.7 Å². The molecule has 2 rings (SSSR count). The lowest BCUT2D eigenvalue weighted by Gasteiger charge is -2.30. The highest BCUT2D eigenvalue weighted by Crippen LogP contribution is 2.24. The first-order chi connectivity index (χ1) is 8.96. The largest absolute Gasteiger partial charge is 0.327 e. The minimum atomic E-state index is -3.63. The zero-order valence-electron chi connectivity index (χ0n) is 11.2. The van der Waals surface area contributed by atoms with E-state index < -0.39 is 10.0 Å². The SMILES string of the molecule is Cc1cccc(S(=O)(=O)N2CCCC(N)C2)c1C#N.Cl. The molecule has 1 fully saturated rings. The number of nitrogens with two attached hydrogens (primary N) is 1. The summed E-state index contributed by atoms with van der Waals surface area (Å²) < 4.78 is 26.6. The number of piperidine rings is 1. The molecule has 0 aliphatic carbocycles. The first-order valence-corrected chi connectivity index (χ1v) is 7.66. The zero-order chi connectivity index (χ0) is 14.0. The van der Waals surface area contributed by atoms with Crippen LogP contribution in [0.4, 0.5) is 0 Å². The van der Waals surface area contributed by atoms with Crippen LogP contribution in [0.15, 0.2) is 23.1 Å². The van der Waals surface area contributed by atoms with Gasteiger partial charge in [0, 0.05) is 19.1 Å². The smallest absolute Gasteiger partial charge is 0.244 e. The lowest BCUT2D eigenvalue weighted by Crippen LogP contribution is -2.45. The van der Waals surface area contributed by atoms with E-state index in [1.54, 1.807) is 19.1 Å². The zero-order valence-corrected chi connectivity index (χ0v) is 12.9. The molecule has 1 aliphatic heterocycles. The maximum Gasteiger partial charge on any atom is 0.244 e. The van der Waals surface area contributed by atoms with Gasteiger partial charge in [0.1, 0.15) is 11.0 Å². The average molecular weight is 316 g/mol. The highest BCUT2D eigenvalue weighted by Gasteiger charge is 2.30. The van der Waals surface area contributed by atoms with Crippen molar-refractivity contribution in [2.24, 2.45) is 5.73 Å². The second-order valence-corrected chi connectivity index (χ2v) is 6.73. The Labute approximate surface area is 125 Å². The Morgan fingerprint density at radius 2 is 2.15 bits per heavy atom. The molecular formula is C13H18ClN3O2S. The van der Waals surface area contributed by atoms with Crippen LogP contribution >= 0.6 is 12.4 Å². The van der Waals surface area contributed by atoms with Crippen LogP contribution in [0.2, 0.25) is 0 Å². The molecule has 2 N–H and O–H groups in total. The van der Waals surface area contributed by atoms with E-state index in [1.165, 1.54) is 10.4 Å². The monoisotopic (exact) mass is 315 g/mol. The fraction of sp³-hybridized carbons (Fsp3) is 0.462. The maximum atomic E-state index is 12.6. The van der Waals surface area contributed by atoms with Crippen LogP contribution < -0.4 is 5.73 Å². The third-order valence-corrected chi connectivity index (χ3v) is 5.29. The summed E-state index contributed by atoms with van der Waals surface area (Å²) in [6.07, 6.45) is 1.60. The molecule has 1 saturated heterocycles. The highest BCUT2D eigenvalue weighted by atomic mass is 35.5. The van der Waals surface area contributed by atoms with E-state index in [0.717, 1.165) is 12.8 Å². The number of sulfonamides is 1. The maximum absolute atomic E-state index is 12.6. The van der Waals surface area contributed by atoms with Crippen molar-refractivity contribution >= 4 is 22.4 Å². The Kier molecular flexibility index (Phi) is 5.54. The summed E-state index contributed by atoms with van der Waals surface area (Å²) in [6.45, 7) is 2.52. The van der Waals surface area contributed by atoms with Crippen LogP contribution in [-0.2, 0) is 10.0 Å². The second kappa shape index (κ2) is 6.55. The van der Waals surface area contributed by atoms with Crippen molar-refractivity contribution in [3.8, 4) is 6.07 Å². The Balaban J connectivity index is 0.00000200. The fourth-order valence-electron chi connectivity index (χ4n) is 2.33. The Hall–Kier alpha value is -1.13. The molecule has 0 aromatic heterocycles. The number of nitriles is 1. The Morgan fingerprint density at radius 1 is 1.45 bits per heavy atom. The topological polar surface area (TPSA) is 87.2 Å². The van der Waals surface area contributed by atoms with Gasteiger partial charge in [0.15, 0.2) is 0 Å². The van der Waals surface area contributed by atoms with Crippen LogP contribution in [0, 0.1) is 18.3 Å². The van der Waals surface area contributed by atoms with Crippen LogP contribution in [0.3, 0.4) is 0 Å². The van der Waals surface area contributed by atoms with Crippen molar-refractivity contribution in [2.45, 2.75) is 30.7 Å². The molecule has 0 bridgehead atoms. The molecule has 1 heterocycles. The van der Waals surface area contributed by atoms with Crippen molar-refractivity contribution in [1.82, 2.24) is 4.31 Å². The second-order valence-electron chi connectivity index (χ2n) is 4.83. The molecular weight excluding hydrogens is 298 g/mol. The summed E-state index contributed by atoms with van der Waals surface area (Å²) in [5.74, 6) is 0. The molecule has 1 aromatic rings. The van der Waals surface area contributed by atoms with Gasteiger partial charge in [-0.15, -0.1) is 12.4 Å². The fourth-order valence-corrected chi connectivity index (χ4v) is 4.08. The predicted molar refractivity (Wildman–Crippen MR) is 79.1 cm³/mol. The minimum absolute atomic E-state index is 0. The van der Waals surface area contributed by atoms with Crippen LogP contribution in [-0.4, -0.2) is 31.9 Å². The number of benzene rings is 1. The molecule has 0 spiro atoms. The number of nitrogens with zero attached hydrogens (tertiary/aromatic N) is 2. The first kappa shape index (κ1) is 16.9. The van der Waals surface area contributed by atoms with Gasteiger partial charge in [-0.1, -0.05) is 12.1 Å². The van der Waals surface area contributed by atoms with Gasteiger partial charge < -0.3 is 5.73 Å². The first-order valence-electron chi connectivity index (χ1n) is 6.22. The van der Waals surface area contributed by atoms with Crippen molar-refractivity contribution in [2.75, 3.05) is 13.1 Å². The van der Waals surface area contributed by atoms with Gasteiger partial charge in [0.05, 0.1) is 5.56 Å². The van der Waals surface area contributed by atoms with Crippen molar-refractivity contribution in [3.05, 3.63) is 29.3 Å². The normalized spacial score (nSPS) is 19.9. The molecule has 20 heavy (non-hydrogen) atoms. The number of aryl methyl sites for hydroxylation is 1. The van der Waals surface area contributed by atoms with E-state index >= 15 is 0 Å². The molecule has 7 heteroatoms. The van der Waals surface area contributed by atoms with Gasteiger partial charge in [-0.2, -0.15) is 9.57 Å². The highest BCUT2D eigenvalue weighted by molar-refractivity contribution is 7.89. The number of rotatable bonds is 2. The summed E-state index contributed by atoms with van der Waals surface area (Å²) in [5, 5.41) is 9.16. The Morgan fingerprint density at radius 3 is 2.75 bits per heavy atom. The van der Waals surface area contributed by atoms with Crippen LogP contribution in [0.1, 0.15) is 24.0 Å². The standard InChI is InChI=1S/C13H17N3O2S.ClH/c1-10-4-2-6-13(12(10)8-14)19(17,18)16-7-3-5-11(15)9-16;/h2,4,6,11H,3,5,7,9,15H2,1H3;1H. The summed E-state index contributed by atoms with van der Waals surface area (Å²) in [4.78, 5) is 0.0871. The van der Waals surface area contributed by atoms with Gasteiger partial charge in [-0.05, 0) is 31.4 Å². The van der Waals surface area contributed by atoms with Gasteiger partial charge in [0.2, 0.25) is 10.0 Å². The average Bonchev–Trinajstić information content (AvgIpc) is 2.38. The van der Waals surface area contributed by atoms with E-state index in [4.69, 9.17) is 11.0 Å². The van der Waals surface area contributed by atoms with E-state index in [-0.39, 0.29) is 28.9 Å². The molecule has 1 aliphatic rings. The summed E-state index contributed by atoms with van der Waals surface area (Å²) in [6, 6.07) is 6.74. The molecule has 0 amide bonds. The Bertz CT molecular complexity index is 625. The molecule has 110 valence electrons. The van der Waals surface area contributed by atoms with Gasteiger partial charge >= 0.3 is 0 Å². The third kappa shape index (κ3) is 3.13. The van der Waals surface area contributed by atoms with E-state index in [1.807, 2.05) is 6.07 Å².